The highest BCUT2D eigenvalue weighted by atomic mass is 19.1. The van der Waals surface area contributed by atoms with Crippen LogP contribution in [0.5, 0.6) is 5.75 Å². The molecule has 4 aromatic rings. The van der Waals surface area contributed by atoms with Gasteiger partial charge in [0, 0.05) is 42.0 Å². The monoisotopic (exact) mass is 430 g/mol. The number of amides is 1. The van der Waals surface area contributed by atoms with E-state index in [2.05, 4.69) is 15.2 Å². The molecule has 1 N–H and O–H groups in total. The molecule has 1 saturated carbocycles. The smallest absolute Gasteiger partial charge is 0.254 e. The second-order valence-electron chi connectivity index (χ2n) is 8.20. The molecule has 7 heteroatoms. The van der Waals surface area contributed by atoms with Crippen molar-refractivity contribution in [2.45, 2.75) is 32.4 Å². The quantitative estimate of drug-likeness (QED) is 0.473. The lowest BCUT2D eigenvalue weighted by molar-refractivity contribution is 0.0784. The lowest BCUT2D eigenvalue weighted by atomic mass is 10.0. The van der Waals surface area contributed by atoms with Gasteiger partial charge in [-0.1, -0.05) is 30.3 Å². The Morgan fingerprint density at radius 1 is 1.22 bits per heavy atom. The van der Waals surface area contributed by atoms with E-state index in [4.69, 9.17) is 4.74 Å². The highest BCUT2D eigenvalue weighted by molar-refractivity contribution is 5.96. The average molecular weight is 430 g/mol. The summed E-state index contributed by atoms with van der Waals surface area (Å²) in [6.45, 7) is 2.22. The molecule has 0 radical (unpaired) electrons. The topological polar surface area (TPSA) is 71.1 Å². The largest absolute Gasteiger partial charge is 0.490 e. The molecule has 0 aliphatic heterocycles. The number of carbonyl (C=O) groups is 1. The van der Waals surface area contributed by atoms with Gasteiger partial charge < -0.3 is 9.64 Å². The zero-order valence-corrected chi connectivity index (χ0v) is 17.9. The molecule has 32 heavy (non-hydrogen) atoms. The molecule has 0 saturated heterocycles. The van der Waals surface area contributed by atoms with E-state index in [0.29, 0.717) is 17.9 Å². The number of hydrogen-bond acceptors (Lipinski definition) is 4. The van der Waals surface area contributed by atoms with E-state index in [1.165, 1.54) is 6.07 Å². The van der Waals surface area contributed by atoms with Crippen LogP contribution in [0.3, 0.4) is 0 Å². The summed E-state index contributed by atoms with van der Waals surface area (Å²) in [5.41, 5.74) is 3.92. The minimum atomic E-state index is -0.473. The fourth-order valence-corrected chi connectivity index (χ4v) is 3.83. The van der Waals surface area contributed by atoms with Gasteiger partial charge in [-0.2, -0.15) is 5.10 Å². The number of nitrogens with zero attached hydrogens (tertiary/aromatic N) is 3. The molecule has 0 unspecified atom stereocenters. The number of aryl methyl sites for hydroxylation is 1. The number of aromatic amines is 1. The van der Waals surface area contributed by atoms with Crippen LogP contribution in [-0.2, 0) is 6.54 Å². The highest BCUT2D eigenvalue weighted by Crippen LogP contribution is 2.38. The maximum Gasteiger partial charge on any atom is 0.254 e. The third kappa shape index (κ3) is 3.82. The molecular formula is C25H23FN4O2. The number of halogens is 1. The van der Waals surface area contributed by atoms with Gasteiger partial charge in [-0.15, -0.1) is 0 Å². The number of ether oxygens (including phenoxy) is 1. The van der Waals surface area contributed by atoms with Crippen molar-refractivity contribution in [2.24, 2.45) is 0 Å². The summed E-state index contributed by atoms with van der Waals surface area (Å²) in [5, 5.41) is 7.99. The van der Waals surface area contributed by atoms with Crippen molar-refractivity contribution in [3.63, 3.8) is 0 Å². The molecule has 2 heterocycles. The second-order valence-corrected chi connectivity index (χ2v) is 8.20. The minimum Gasteiger partial charge on any atom is -0.490 e. The first-order valence-electron chi connectivity index (χ1n) is 10.6. The maximum absolute atomic E-state index is 15.3. The maximum atomic E-state index is 15.3. The molecule has 2 aromatic heterocycles. The summed E-state index contributed by atoms with van der Waals surface area (Å²) >= 11 is 0. The van der Waals surface area contributed by atoms with Crippen molar-refractivity contribution in [2.75, 3.05) is 7.05 Å². The van der Waals surface area contributed by atoms with Gasteiger partial charge >= 0.3 is 0 Å². The zero-order valence-electron chi connectivity index (χ0n) is 17.9. The Balaban J connectivity index is 1.47. The first-order valence-corrected chi connectivity index (χ1v) is 10.6. The van der Waals surface area contributed by atoms with Gasteiger partial charge in [0.25, 0.3) is 5.91 Å². The van der Waals surface area contributed by atoms with Crippen molar-refractivity contribution in [3.8, 4) is 16.9 Å². The van der Waals surface area contributed by atoms with Crippen LogP contribution in [0.2, 0.25) is 0 Å². The van der Waals surface area contributed by atoms with E-state index in [1.807, 2.05) is 37.3 Å². The van der Waals surface area contributed by atoms with Crippen LogP contribution in [0.25, 0.3) is 22.0 Å². The zero-order chi connectivity index (χ0) is 22.2. The van der Waals surface area contributed by atoms with Gasteiger partial charge in [0.15, 0.2) is 0 Å². The summed E-state index contributed by atoms with van der Waals surface area (Å²) < 4.78 is 21.3. The summed E-state index contributed by atoms with van der Waals surface area (Å²) in [6.07, 6.45) is 5.42. The van der Waals surface area contributed by atoms with Gasteiger partial charge in [0.05, 0.1) is 23.4 Å². The molecule has 5 rings (SSSR count). The summed E-state index contributed by atoms with van der Waals surface area (Å²) in [5.74, 6) is -0.361. The third-order valence-corrected chi connectivity index (χ3v) is 5.70. The molecule has 6 nitrogen and oxygen atoms in total. The molecule has 1 aliphatic rings. The van der Waals surface area contributed by atoms with Crippen LogP contribution in [0.1, 0.15) is 34.5 Å². The van der Waals surface area contributed by atoms with Crippen LogP contribution < -0.4 is 4.74 Å². The van der Waals surface area contributed by atoms with Gasteiger partial charge in [0.1, 0.15) is 11.6 Å². The summed E-state index contributed by atoms with van der Waals surface area (Å²) in [4.78, 5) is 19.1. The predicted molar refractivity (Wildman–Crippen MR) is 120 cm³/mol. The number of aromatic nitrogens is 3. The normalized spacial score (nSPS) is 13.3. The van der Waals surface area contributed by atoms with Crippen LogP contribution in [0.4, 0.5) is 4.39 Å². The Morgan fingerprint density at radius 3 is 2.75 bits per heavy atom. The standard InChI is InChI=1S/C25H23FN4O2/c1-15-20-13-28-29-24(20)18(12-27-15)14-30(2)25(31)17-10-21(26)23(16-6-4-3-5-7-16)22(11-17)32-19-8-9-19/h3-7,10-13,19H,8-9,14H2,1-2H3,(H,28,29). The molecule has 0 spiro atoms. The lowest BCUT2D eigenvalue weighted by Crippen LogP contribution is -2.26. The Labute approximate surface area is 185 Å². The van der Waals surface area contributed by atoms with E-state index in [-0.39, 0.29) is 17.6 Å². The average Bonchev–Trinajstić information content (AvgIpc) is 3.46. The van der Waals surface area contributed by atoms with E-state index in [0.717, 1.165) is 40.6 Å². The Bertz CT molecular complexity index is 1300. The SMILES string of the molecule is Cc1ncc(CN(C)C(=O)c2cc(F)c(-c3ccccc3)c(OC3CC3)c2)c2[nH]ncc12. The van der Waals surface area contributed by atoms with Gasteiger partial charge in [0.2, 0.25) is 0 Å². The molecule has 1 aliphatic carbocycles. The Hall–Kier alpha value is -3.74. The van der Waals surface area contributed by atoms with Crippen molar-refractivity contribution < 1.29 is 13.9 Å². The molecule has 1 fully saturated rings. The van der Waals surface area contributed by atoms with Crippen molar-refractivity contribution in [3.05, 3.63) is 77.5 Å². The first-order chi connectivity index (χ1) is 15.5. The fourth-order valence-electron chi connectivity index (χ4n) is 3.83. The number of benzene rings is 2. The minimum absolute atomic E-state index is 0.0761. The number of carbonyl (C=O) groups excluding carboxylic acids is 1. The lowest BCUT2D eigenvalue weighted by Gasteiger charge is -2.20. The van der Waals surface area contributed by atoms with Gasteiger partial charge in [-0.3, -0.25) is 14.9 Å². The van der Waals surface area contributed by atoms with E-state index in [1.54, 1.807) is 30.4 Å². The van der Waals surface area contributed by atoms with Crippen molar-refractivity contribution in [1.29, 1.82) is 0 Å². The van der Waals surface area contributed by atoms with E-state index >= 15 is 4.39 Å². The molecule has 0 atom stereocenters. The fraction of sp³-hybridized carbons (Fsp3) is 0.240. The number of nitrogens with one attached hydrogen (secondary N) is 1. The number of hydrogen-bond donors (Lipinski definition) is 1. The number of H-pyrrole nitrogens is 1. The second kappa shape index (κ2) is 8.07. The number of pyridine rings is 1. The van der Waals surface area contributed by atoms with E-state index < -0.39 is 5.82 Å². The van der Waals surface area contributed by atoms with Gasteiger partial charge in [-0.05, 0) is 37.5 Å². The summed E-state index contributed by atoms with van der Waals surface area (Å²) in [7, 11) is 1.69. The van der Waals surface area contributed by atoms with Crippen molar-refractivity contribution >= 4 is 16.8 Å². The molecule has 162 valence electrons. The molecule has 0 bridgehead atoms. The van der Waals surface area contributed by atoms with Crippen LogP contribution in [0, 0.1) is 12.7 Å². The van der Waals surface area contributed by atoms with Crippen LogP contribution in [-0.4, -0.2) is 39.1 Å². The van der Waals surface area contributed by atoms with Gasteiger partial charge in [-0.25, -0.2) is 4.39 Å². The highest BCUT2D eigenvalue weighted by Gasteiger charge is 2.27. The van der Waals surface area contributed by atoms with E-state index in [9.17, 15) is 4.79 Å². The first kappa shape index (κ1) is 20.2. The third-order valence-electron chi connectivity index (χ3n) is 5.70. The molecule has 2 aromatic carbocycles. The Kier molecular flexibility index (Phi) is 5.09. The Morgan fingerprint density at radius 2 is 2.00 bits per heavy atom. The van der Waals surface area contributed by atoms with Crippen molar-refractivity contribution in [1.82, 2.24) is 20.1 Å². The van der Waals surface area contributed by atoms with Crippen LogP contribution >= 0.6 is 0 Å². The predicted octanol–water partition coefficient (Wildman–Crippen LogP) is 4.89. The van der Waals surface area contributed by atoms with Crippen LogP contribution in [0.15, 0.2) is 54.9 Å². The molecular weight excluding hydrogens is 407 g/mol. The number of rotatable bonds is 6. The number of fused-ring (bicyclic) bond motifs is 1. The summed E-state index contributed by atoms with van der Waals surface area (Å²) in [6, 6.07) is 12.2. The molecule has 1 amide bonds.